The molecule has 152 valence electrons. The van der Waals surface area contributed by atoms with Crippen LogP contribution in [0.4, 0.5) is 0 Å². The predicted molar refractivity (Wildman–Crippen MR) is 122 cm³/mol. The Morgan fingerprint density at radius 1 is 1.17 bits per heavy atom. The van der Waals surface area contributed by atoms with Crippen LogP contribution in [0.15, 0.2) is 40.2 Å². The highest BCUT2D eigenvalue weighted by Crippen LogP contribution is 2.33. The molecule has 0 N–H and O–H groups in total. The van der Waals surface area contributed by atoms with Crippen molar-refractivity contribution >= 4 is 39.4 Å². The molecule has 3 heterocycles. The number of hydrogen-bond donors (Lipinski definition) is 0. The SMILES string of the molecule is Cc1nn(-c2ccccc2)c(Cl)c1C=Nn1c(C)nc2sc3c(c2c1=O)CCCC3. The van der Waals surface area contributed by atoms with Crippen molar-refractivity contribution in [2.24, 2.45) is 5.10 Å². The molecule has 0 radical (unpaired) electrons. The summed E-state index contributed by atoms with van der Waals surface area (Å²) in [5.74, 6) is 0.562. The van der Waals surface area contributed by atoms with Crippen molar-refractivity contribution < 1.29 is 0 Å². The number of aromatic nitrogens is 4. The monoisotopic (exact) mass is 437 g/mol. The van der Waals surface area contributed by atoms with E-state index < -0.39 is 0 Å². The smallest absolute Gasteiger partial charge is 0.267 e. The van der Waals surface area contributed by atoms with Gasteiger partial charge in [0.15, 0.2) is 0 Å². The van der Waals surface area contributed by atoms with Crippen LogP contribution in [0, 0.1) is 13.8 Å². The van der Waals surface area contributed by atoms with E-state index in [2.05, 4.69) is 15.2 Å². The quantitative estimate of drug-likeness (QED) is 0.437. The van der Waals surface area contributed by atoms with Gasteiger partial charge in [0.05, 0.1) is 28.5 Å². The third-order valence-electron chi connectivity index (χ3n) is 5.48. The number of fused-ring (bicyclic) bond motifs is 3. The number of aryl methyl sites for hydroxylation is 4. The number of rotatable bonds is 3. The molecule has 5 rings (SSSR count). The Morgan fingerprint density at radius 2 is 1.93 bits per heavy atom. The van der Waals surface area contributed by atoms with Crippen molar-refractivity contribution in [3.63, 3.8) is 0 Å². The Kier molecular flexibility index (Phi) is 4.79. The highest BCUT2D eigenvalue weighted by molar-refractivity contribution is 7.18. The number of hydrogen-bond acceptors (Lipinski definition) is 5. The molecule has 3 aromatic heterocycles. The molecule has 30 heavy (non-hydrogen) atoms. The van der Waals surface area contributed by atoms with Crippen LogP contribution in [0.3, 0.4) is 0 Å². The zero-order valence-corrected chi connectivity index (χ0v) is 18.3. The van der Waals surface area contributed by atoms with E-state index in [0.29, 0.717) is 16.5 Å². The average molecular weight is 438 g/mol. The molecule has 0 bridgehead atoms. The molecule has 0 aliphatic heterocycles. The predicted octanol–water partition coefficient (Wildman–Crippen LogP) is 4.67. The van der Waals surface area contributed by atoms with Gasteiger partial charge in [-0.05, 0) is 57.2 Å². The van der Waals surface area contributed by atoms with Crippen LogP contribution in [0.5, 0.6) is 0 Å². The number of halogens is 1. The van der Waals surface area contributed by atoms with Crippen LogP contribution in [0.1, 0.15) is 40.4 Å². The summed E-state index contributed by atoms with van der Waals surface area (Å²) in [5.41, 5.74) is 3.33. The maximum absolute atomic E-state index is 13.3. The van der Waals surface area contributed by atoms with Gasteiger partial charge in [-0.15, -0.1) is 11.3 Å². The molecular formula is C22H20ClN5OS. The summed E-state index contributed by atoms with van der Waals surface area (Å²) < 4.78 is 3.05. The van der Waals surface area contributed by atoms with Crippen LogP contribution >= 0.6 is 22.9 Å². The van der Waals surface area contributed by atoms with E-state index in [1.165, 1.54) is 16.0 Å². The third kappa shape index (κ3) is 3.09. The van der Waals surface area contributed by atoms with E-state index in [1.807, 2.05) is 37.3 Å². The lowest BCUT2D eigenvalue weighted by Gasteiger charge is -2.10. The molecule has 0 unspecified atom stereocenters. The van der Waals surface area contributed by atoms with Crippen LogP contribution in [0.2, 0.25) is 5.15 Å². The van der Waals surface area contributed by atoms with Crippen LogP contribution in [-0.4, -0.2) is 25.7 Å². The van der Waals surface area contributed by atoms with Crippen LogP contribution in [-0.2, 0) is 12.8 Å². The molecule has 1 aliphatic rings. The number of para-hydroxylation sites is 1. The van der Waals surface area contributed by atoms with Gasteiger partial charge in [0, 0.05) is 4.88 Å². The highest BCUT2D eigenvalue weighted by atomic mass is 35.5. The van der Waals surface area contributed by atoms with E-state index in [0.717, 1.165) is 46.4 Å². The van der Waals surface area contributed by atoms with Crippen LogP contribution < -0.4 is 5.56 Å². The van der Waals surface area contributed by atoms with Gasteiger partial charge in [-0.1, -0.05) is 29.8 Å². The minimum Gasteiger partial charge on any atom is -0.267 e. The molecule has 0 saturated carbocycles. The largest absolute Gasteiger partial charge is 0.283 e. The molecule has 1 aromatic carbocycles. The Labute approximate surface area is 182 Å². The van der Waals surface area contributed by atoms with Crippen molar-refractivity contribution in [1.29, 1.82) is 0 Å². The lowest BCUT2D eigenvalue weighted by molar-refractivity contribution is 0.698. The summed E-state index contributed by atoms with van der Waals surface area (Å²) in [7, 11) is 0. The van der Waals surface area contributed by atoms with Crippen molar-refractivity contribution in [3.05, 3.63) is 73.4 Å². The standard InChI is InChI=1S/C22H20ClN5OS/c1-13-17(20(23)28(26-13)15-8-4-3-5-9-15)12-24-27-14(2)25-21-19(22(27)29)16-10-6-7-11-18(16)30-21/h3-5,8-9,12H,6-7,10-11H2,1-2H3. The molecule has 8 heteroatoms. The molecule has 0 saturated heterocycles. The van der Waals surface area contributed by atoms with Crippen molar-refractivity contribution in [2.45, 2.75) is 39.5 Å². The molecule has 0 amide bonds. The minimum absolute atomic E-state index is 0.114. The van der Waals surface area contributed by atoms with Crippen molar-refractivity contribution in [3.8, 4) is 5.69 Å². The van der Waals surface area contributed by atoms with E-state index in [1.54, 1.807) is 29.2 Å². The summed E-state index contributed by atoms with van der Waals surface area (Å²) in [6.45, 7) is 3.68. The van der Waals surface area contributed by atoms with Crippen molar-refractivity contribution in [2.75, 3.05) is 0 Å². The van der Waals surface area contributed by atoms with Gasteiger partial charge in [0.1, 0.15) is 15.8 Å². The van der Waals surface area contributed by atoms with Gasteiger partial charge in [-0.3, -0.25) is 4.79 Å². The molecule has 0 fully saturated rings. The lowest BCUT2D eigenvalue weighted by Crippen LogP contribution is -2.21. The number of thiophene rings is 1. The average Bonchev–Trinajstić information content (AvgIpc) is 3.25. The molecule has 4 aromatic rings. The number of benzene rings is 1. The molecular weight excluding hydrogens is 418 g/mol. The third-order valence-corrected chi connectivity index (χ3v) is 7.03. The zero-order chi connectivity index (χ0) is 20.8. The summed E-state index contributed by atoms with van der Waals surface area (Å²) in [4.78, 5) is 20.0. The second-order valence-corrected chi connectivity index (χ2v) is 8.89. The summed E-state index contributed by atoms with van der Waals surface area (Å²) >= 11 is 8.24. The second-order valence-electron chi connectivity index (χ2n) is 7.45. The minimum atomic E-state index is -0.114. The van der Waals surface area contributed by atoms with Gasteiger partial charge < -0.3 is 0 Å². The summed E-state index contributed by atoms with van der Waals surface area (Å²) in [6, 6.07) is 9.68. The van der Waals surface area contributed by atoms with Gasteiger partial charge in [0.2, 0.25) is 0 Å². The summed E-state index contributed by atoms with van der Waals surface area (Å²) in [6.07, 6.45) is 5.86. The first-order valence-electron chi connectivity index (χ1n) is 9.93. The molecule has 6 nitrogen and oxygen atoms in total. The normalized spacial score (nSPS) is 14.0. The van der Waals surface area contributed by atoms with Gasteiger partial charge >= 0.3 is 0 Å². The Balaban J connectivity index is 1.60. The maximum atomic E-state index is 13.3. The Hall–Kier alpha value is -2.77. The molecule has 0 spiro atoms. The fourth-order valence-electron chi connectivity index (χ4n) is 3.95. The molecule has 1 aliphatic carbocycles. The van der Waals surface area contributed by atoms with E-state index >= 15 is 0 Å². The van der Waals surface area contributed by atoms with E-state index in [9.17, 15) is 4.79 Å². The Morgan fingerprint density at radius 3 is 2.73 bits per heavy atom. The van der Waals surface area contributed by atoms with E-state index in [4.69, 9.17) is 11.6 Å². The van der Waals surface area contributed by atoms with Gasteiger partial charge in [-0.25, -0.2) is 9.67 Å². The van der Waals surface area contributed by atoms with Crippen molar-refractivity contribution in [1.82, 2.24) is 19.4 Å². The molecule has 0 atom stereocenters. The fraction of sp³-hybridized carbons (Fsp3) is 0.273. The maximum Gasteiger partial charge on any atom is 0.283 e. The first-order chi connectivity index (χ1) is 14.5. The first kappa shape index (κ1) is 19.2. The topological polar surface area (TPSA) is 65.1 Å². The van der Waals surface area contributed by atoms with Crippen LogP contribution in [0.25, 0.3) is 15.9 Å². The van der Waals surface area contributed by atoms with Gasteiger partial charge in [0.25, 0.3) is 5.56 Å². The van der Waals surface area contributed by atoms with Gasteiger partial charge in [-0.2, -0.15) is 14.9 Å². The summed E-state index contributed by atoms with van der Waals surface area (Å²) in [5, 5.41) is 10.2. The lowest BCUT2D eigenvalue weighted by atomic mass is 9.97. The second kappa shape index (κ2) is 7.49. The first-order valence-corrected chi connectivity index (χ1v) is 11.1. The highest BCUT2D eigenvalue weighted by Gasteiger charge is 2.21. The zero-order valence-electron chi connectivity index (χ0n) is 16.7. The number of nitrogens with zero attached hydrogens (tertiary/aromatic N) is 5. The fourth-order valence-corrected chi connectivity index (χ4v) is 5.57. The Bertz CT molecular complexity index is 1350. The van der Waals surface area contributed by atoms with E-state index in [-0.39, 0.29) is 5.56 Å².